The highest BCUT2D eigenvalue weighted by atomic mass is 32.1. The van der Waals surface area contributed by atoms with E-state index >= 15 is 0 Å². The van der Waals surface area contributed by atoms with Crippen molar-refractivity contribution in [3.8, 4) is 10.6 Å². The van der Waals surface area contributed by atoms with E-state index in [4.69, 9.17) is 4.98 Å². The van der Waals surface area contributed by atoms with Crippen molar-refractivity contribution in [2.24, 2.45) is 5.92 Å². The summed E-state index contributed by atoms with van der Waals surface area (Å²) in [6, 6.07) is 20.0. The van der Waals surface area contributed by atoms with Crippen LogP contribution in [0.1, 0.15) is 17.0 Å². The number of hydrogen-bond donors (Lipinski definition) is 1. The van der Waals surface area contributed by atoms with Crippen molar-refractivity contribution in [1.82, 2.24) is 9.97 Å². The average Bonchev–Trinajstić information content (AvgIpc) is 3.18. The van der Waals surface area contributed by atoms with Crippen LogP contribution >= 0.6 is 11.3 Å². The van der Waals surface area contributed by atoms with Gasteiger partial charge in [0.2, 0.25) is 5.91 Å². The molecule has 0 bridgehead atoms. The minimum Gasteiger partial charge on any atom is -0.324 e. The van der Waals surface area contributed by atoms with Gasteiger partial charge in [0.05, 0.1) is 16.9 Å². The number of carbonyl (C=O) groups excluding carboxylic acids is 1. The van der Waals surface area contributed by atoms with Crippen LogP contribution in [0.2, 0.25) is 0 Å². The molecule has 0 spiro atoms. The smallest absolute Gasteiger partial charge is 0.227 e. The van der Waals surface area contributed by atoms with Crippen LogP contribution < -0.4 is 5.32 Å². The second kappa shape index (κ2) is 7.17. The maximum absolute atomic E-state index is 12.9. The number of nitrogens with one attached hydrogen (secondary N) is 1. The molecule has 0 radical (unpaired) electrons. The van der Waals surface area contributed by atoms with Crippen LogP contribution in [0.3, 0.4) is 0 Å². The van der Waals surface area contributed by atoms with Gasteiger partial charge in [-0.05, 0) is 31.4 Å². The molecule has 28 heavy (non-hydrogen) atoms. The molecule has 2 aromatic carbocycles. The Balaban J connectivity index is 1.36. The number of thiazole rings is 1. The van der Waals surface area contributed by atoms with E-state index in [-0.39, 0.29) is 11.8 Å². The maximum Gasteiger partial charge on any atom is 0.227 e. The van der Waals surface area contributed by atoms with E-state index in [1.54, 1.807) is 17.5 Å². The minimum absolute atomic E-state index is 0.0319. The fraction of sp³-hybridized carbons (Fsp3) is 0.174. The molecular formula is C23H19N3OS. The van der Waals surface area contributed by atoms with Gasteiger partial charge in [-0.25, -0.2) is 4.98 Å². The highest BCUT2D eigenvalue weighted by Gasteiger charge is 2.28. The molecule has 0 saturated heterocycles. The van der Waals surface area contributed by atoms with Crippen molar-refractivity contribution in [3.63, 3.8) is 0 Å². The summed E-state index contributed by atoms with van der Waals surface area (Å²) < 4.78 is 0. The molecule has 5 rings (SSSR count). The zero-order valence-corrected chi connectivity index (χ0v) is 16.1. The zero-order chi connectivity index (χ0) is 18.9. The number of pyridine rings is 1. The first-order chi connectivity index (χ1) is 13.8. The lowest BCUT2D eigenvalue weighted by Gasteiger charge is -2.20. The fourth-order valence-electron chi connectivity index (χ4n) is 3.74. The number of para-hydroxylation sites is 1. The lowest BCUT2D eigenvalue weighted by Crippen LogP contribution is -2.27. The molecule has 4 nitrogen and oxygen atoms in total. The summed E-state index contributed by atoms with van der Waals surface area (Å²) in [5, 5.41) is 5.18. The molecular weight excluding hydrogens is 366 g/mol. The van der Waals surface area contributed by atoms with Crippen molar-refractivity contribution in [2.75, 3.05) is 5.32 Å². The Hall–Kier alpha value is -3.05. The Morgan fingerprint density at radius 3 is 2.79 bits per heavy atom. The van der Waals surface area contributed by atoms with Gasteiger partial charge in [-0.3, -0.25) is 9.78 Å². The van der Waals surface area contributed by atoms with E-state index < -0.39 is 0 Å². The molecule has 0 fully saturated rings. The highest BCUT2D eigenvalue weighted by molar-refractivity contribution is 7.15. The van der Waals surface area contributed by atoms with E-state index in [0.29, 0.717) is 0 Å². The van der Waals surface area contributed by atoms with Gasteiger partial charge in [-0.2, -0.15) is 0 Å². The number of rotatable bonds is 3. The van der Waals surface area contributed by atoms with E-state index in [9.17, 15) is 4.79 Å². The third-order valence-corrected chi connectivity index (χ3v) is 6.39. The Labute approximate surface area is 167 Å². The molecule has 1 N–H and O–H groups in total. The molecule has 1 amide bonds. The molecule has 2 heterocycles. The van der Waals surface area contributed by atoms with Crippen LogP contribution in [0.25, 0.3) is 21.5 Å². The molecule has 1 atom stereocenters. The van der Waals surface area contributed by atoms with Gasteiger partial charge in [0.25, 0.3) is 0 Å². The van der Waals surface area contributed by atoms with Crippen LogP contribution in [0.15, 0.2) is 66.9 Å². The zero-order valence-electron chi connectivity index (χ0n) is 15.3. The van der Waals surface area contributed by atoms with E-state index in [0.717, 1.165) is 52.1 Å². The van der Waals surface area contributed by atoms with E-state index in [2.05, 4.69) is 22.4 Å². The molecule has 1 aliphatic carbocycles. The summed E-state index contributed by atoms with van der Waals surface area (Å²) in [6.07, 6.45) is 4.19. The lowest BCUT2D eigenvalue weighted by molar-refractivity contribution is -0.120. The van der Waals surface area contributed by atoms with Crippen molar-refractivity contribution in [2.45, 2.75) is 19.3 Å². The molecule has 1 unspecified atom stereocenters. The van der Waals surface area contributed by atoms with E-state index in [1.807, 2.05) is 48.5 Å². The summed E-state index contributed by atoms with van der Waals surface area (Å²) in [4.78, 5) is 23.4. The summed E-state index contributed by atoms with van der Waals surface area (Å²) in [7, 11) is 0. The monoisotopic (exact) mass is 385 g/mol. The van der Waals surface area contributed by atoms with Gasteiger partial charge >= 0.3 is 0 Å². The molecule has 0 saturated carbocycles. The second-order valence-electron chi connectivity index (χ2n) is 7.06. The summed E-state index contributed by atoms with van der Waals surface area (Å²) in [5.74, 6) is 0.0361. The quantitative estimate of drug-likeness (QED) is 0.534. The predicted molar refractivity (Wildman–Crippen MR) is 113 cm³/mol. The Morgan fingerprint density at radius 2 is 1.89 bits per heavy atom. The topological polar surface area (TPSA) is 54.9 Å². The van der Waals surface area contributed by atoms with Gasteiger partial charge in [-0.15, -0.1) is 11.3 Å². The Kier molecular flexibility index (Phi) is 4.37. The predicted octanol–water partition coefficient (Wildman–Crippen LogP) is 5.10. The van der Waals surface area contributed by atoms with Crippen LogP contribution in [0.4, 0.5) is 5.69 Å². The van der Waals surface area contributed by atoms with Crippen LogP contribution in [-0.2, 0) is 17.6 Å². The van der Waals surface area contributed by atoms with Gasteiger partial charge in [-0.1, -0.05) is 48.5 Å². The van der Waals surface area contributed by atoms with Gasteiger partial charge < -0.3 is 5.32 Å². The van der Waals surface area contributed by atoms with E-state index in [1.165, 1.54) is 4.88 Å². The SMILES string of the molecule is O=C(Nc1cccc2cccnc12)C1CCc2nc(-c3ccccc3)sc2C1. The molecule has 5 heteroatoms. The van der Waals surface area contributed by atoms with Crippen molar-refractivity contribution >= 4 is 33.8 Å². The summed E-state index contributed by atoms with van der Waals surface area (Å²) >= 11 is 1.71. The second-order valence-corrected chi connectivity index (χ2v) is 8.15. The number of fused-ring (bicyclic) bond motifs is 2. The van der Waals surface area contributed by atoms with Gasteiger partial charge in [0.1, 0.15) is 5.01 Å². The van der Waals surface area contributed by atoms with Crippen molar-refractivity contribution < 1.29 is 4.79 Å². The number of hydrogen-bond acceptors (Lipinski definition) is 4. The normalized spacial score (nSPS) is 15.9. The largest absolute Gasteiger partial charge is 0.324 e. The maximum atomic E-state index is 12.9. The first kappa shape index (κ1) is 17.1. The summed E-state index contributed by atoms with van der Waals surface area (Å²) in [5.41, 5.74) is 3.91. The first-order valence-corrected chi connectivity index (χ1v) is 10.3. The standard InChI is InChI=1S/C23H19N3OS/c27-22(25-19-10-4-8-15-9-5-13-24-21(15)19)17-11-12-18-20(14-17)28-23(26-18)16-6-2-1-3-7-16/h1-10,13,17H,11-12,14H2,(H,25,27). The first-order valence-electron chi connectivity index (χ1n) is 9.46. The highest BCUT2D eigenvalue weighted by Crippen LogP contribution is 2.35. The number of carbonyl (C=O) groups is 1. The molecule has 0 aliphatic heterocycles. The van der Waals surface area contributed by atoms with Crippen molar-refractivity contribution in [3.05, 3.63) is 77.4 Å². The van der Waals surface area contributed by atoms with Crippen LogP contribution in [-0.4, -0.2) is 15.9 Å². The number of aromatic nitrogens is 2. The minimum atomic E-state index is -0.0319. The molecule has 4 aromatic rings. The van der Waals surface area contributed by atoms with Gasteiger partial charge in [0.15, 0.2) is 0 Å². The Bertz CT molecular complexity index is 1150. The number of aryl methyl sites for hydroxylation is 1. The summed E-state index contributed by atoms with van der Waals surface area (Å²) in [6.45, 7) is 0. The molecule has 1 aliphatic rings. The number of benzene rings is 2. The van der Waals surface area contributed by atoms with Crippen molar-refractivity contribution in [1.29, 1.82) is 0 Å². The number of anilines is 1. The fourth-order valence-corrected chi connectivity index (χ4v) is 4.94. The Morgan fingerprint density at radius 1 is 1.04 bits per heavy atom. The van der Waals surface area contributed by atoms with Crippen LogP contribution in [0, 0.1) is 5.92 Å². The third-order valence-electron chi connectivity index (χ3n) is 5.22. The number of amides is 1. The van der Waals surface area contributed by atoms with Gasteiger partial charge in [0, 0.05) is 27.9 Å². The molecule has 138 valence electrons. The average molecular weight is 385 g/mol. The number of nitrogens with zero attached hydrogens (tertiary/aromatic N) is 2. The third kappa shape index (κ3) is 3.18. The molecule has 2 aromatic heterocycles. The lowest BCUT2D eigenvalue weighted by atomic mass is 9.90. The van der Waals surface area contributed by atoms with Crippen LogP contribution in [0.5, 0.6) is 0 Å².